The minimum absolute atomic E-state index is 0.107. The first kappa shape index (κ1) is 22.6. The van der Waals surface area contributed by atoms with Crippen LogP contribution < -0.4 is 14.8 Å². The van der Waals surface area contributed by atoms with Crippen LogP contribution in [-0.4, -0.2) is 36.6 Å². The molecule has 2 atom stereocenters. The van der Waals surface area contributed by atoms with E-state index in [2.05, 4.69) is 5.32 Å². The second-order valence-electron chi connectivity index (χ2n) is 8.25. The number of aliphatic hydroxyl groups is 1. The van der Waals surface area contributed by atoms with Crippen molar-refractivity contribution in [1.82, 2.24) is 5.32 Å². The van der Waals surface area contributed by atoms with Gasteiger partial charge in [-0.1, -0.05) is 36.4 Å². The Kier molecular flexibility index (Phi) is 7.05. The van der Waals surface area contributed by atoms with Gasteiger partial charge in [0.1, 0.15) is 5.75 Å². The number of rotatable bonds is 4. The van der Waals surface area contributed by atoms with Crippen molar-refractivity contribution in [3.8, 4) is 17.2 Å². The summed E-state index contributed by atoms with van der Waals surface area (Å²) in [5, 5.41) is 12.9. The number of ketones is 1. The second kappa shape index (κ2) is 10.3. The minimum atomic E-state index is -0.701. The summed E-state index contributed by atoms with van der Waals surface area (Å²) in [5.41, 5.74) is 2.32. The van der Waals surface area contributed by atoms with Crippen LogP contribution in [0.2, 0.25) is 0 Å². The van der Waals surface area contributed by atoms with Gasteiger partial charge in [0.2, 0.25) is 0 Å². The fourth-order valence-electron chi connectivity index (χ4n) is 4.02. The summed E-state index contributed by atoms with van der Waals surface area (Å²) in [7, 11) is 1.59. The monoisotopic (exact) mass is 445 g/mol. The molecule has 0 saturated carbocycles. The predicted molar refractivity (Wildman–Crippen MR) is 125 cm³/mol. The highest BCUT2D eigenvalue weighted by Gasteiger charge is 2.25. The van der Waals surface area contributed by atoms with Crippen molar-refractivity contribution in [3.63, 3.8) is 0 Å². The number of nitrogens with one attached hydrogen (secondary N) is 1. The predicted octanol–water partition coefficient (Wildman–Crippen LogP) is 3.95. The van der Waals surface area contributed by atoms with E-state index in [0.29, 0.717) is 35.7 Å². The molecule has 1 amide bonds. The maximum absolute atomic E-state index is 13.3. The van der Waals surface area contributed by atoms with Crippen molar-refractivity contribution in [2.45, 2.75) is 25.3 Å². The van der Waals surface area contributed by atoms with Crippen LogP contribution >= 0.6 is 0 Å². The highest BCUT2D eigenvalue weighted by Crippen LogP contribution is 2.33. The third-order valence-corrected chi connectivity index (χ3v) is 5.82. The van der Waals surface area contributed by atoms with Gasteiger partial charge in [-0.25, -0.2) is 0 Å². The van der Waals surface area contributed by atoms with Crippen LogP contribution in [0.5, 0.6) is 17.2 Å². The molecule has 2 heterocycles. The first-order valence-corrected chi connectivity index (χ1v) is 11.0. The SMILES string of the molecule is COc1ccc2cc1Oc1ccc(cc1)C[C@H](NC(=O)c1ccccc1)C(=O)C[C@H](CO)C2. The van der Waals surface area contributed by atoms with Crippen molar-refractivity contribution in [1.29, 1.82) is 0 Å². The first-order valence-electron chi connectivity index (χ1n) is 11.0. The Morgan fingerprint density at radius 1 is 1.00 bits per heavy atom. The van der Waals surface area contributed by atoms with E-state index < -0.39 is 6.04 Å². The molecule has 6 nitrogen and oxygen atoms in total. The van der Waals surface area contributed by atoms with Crippen LogP contribution in [0.4, 0.5) is 0 Å². The molecule has 3 aromatic rings. The average molecular weight is 446 g/mol. The van der Waals surface area contributed by atoms with Crippen LogP contribution in [0.25, 0.3) is 0 Å². The Labute approximate surface area is 193 Å². The molecule has 0 saturated heterocycles. The number of benzene rings is 3. The van der Waals surface area contributed by atoms with E-state index in [9.17, 15) is 14.7 Å². The zero-order valence-electron chi connectivity index (χ0n) is 18.5. The zero-order chi connectivity index (χ0) is 23.2. The zero-order valence-corrected chi connectivity index (χ0v) is 18.5. The number of carbonyl (C=O) groups excluding carboxylic acids is 2. The van der Waals surface area contributed by atoms with E-state index in [1.54, 1.807) is 31.4 Å². The molecule has 170 valence electrons. The molecular formula is C27H27NO5. The molecule has 0 spiro atoms. The van der Waals surface area contributed by atoms with Gasteiger partial charge in [-0.15, -0.1) is 0 Å². The molecule has 4 bridgehead atoms. The van der Waals surface area contributed by atoms with Gasteiger partial charge in [-0.3, -0.25) is 9.59 Å². The highest BCUT2D eigenvalue weighted by molar-refractivity contribution is 5.98. The Balaban J connectivity index is 1.65. The lowest BCUT2D eigenvalue weighted by molar-refractivity contribution is -0.122. The number of methoxy groups -OCH3 is 1. The fourth-order valence-corrected chi connectivity index (χ4v) is 4.02. The lowest BCUT2D eigenvalue weighted by Gasteiger charge is -2.22. The van der Waals surface area contributed by atoms with Crippen LogP contribution in [0.3, 0.4) is 0 Å². The summed E-state index contributed by atoms with van der Waals surface area (Å²) < 4.78 is 11.5. The van der Waals surface area contributed by atoms with Gasteiger partial charge < -0.3 is 19.9 Å². The van der Waals surface area contributed by atoms with Crippen molar-refractivity contribution < 1.29 is 24.2 Å². The summed E-state index contributed by atoms with van der Waals surface area (Å²) in [6.45, 7) is -0.138. The molecule has 0 aliphatic carbocycles. The quantitative estimate of drug-likeness (QED) is 0.635. The Morgan fingerprint density at radius 3 is 2.42 bits per heavy atom. The normalized spacial score (nSPS) is 18.2. The van der Waals surface area contributed by atoms with Gasteiger partial charge in [0, 0.05) is 18.6 Å². The fraction of sp³-hybridized carbons (Fsp3) is 0.259. The molecule has 0 aromatic heterocycles. The molecule has 2 N–H and O–H groups in total. The number of hydrogen-bond donors (Lipinski definition) is 2. The molecule has 0 unspecified atom stereocenters. The van der Waals surface area contributed by atoms with E-state index in [-0.39, 0.29) is 30.6 Å². The summed E-state index contributed by atoms with van der Waals surface area (Å²) in [5.74, 6) is 1.14. The molecule has 2 aliphatic rings. The van der Waals surface area contributed by atoms with Crippen molar-refractivity contribution in [3.05, 3.63) is 89.5 Å². The van der Waals surface area contributed by atoms with Crippen molar-refractivity contribution in [2.24, 2.45) is 5.92 Å². The van der Waals surface area contributed by atoms with Crippen molar-refractivity contribution >= 4 is 11.7 Å². The molecule has 6 heteroatoms. The van der Waals surface area contributed by atoms with Gasteiger partial charge in [0.05, 0.1) is 13.2 Å². The third-order valence-electron chi connectivity index (χ3n) is 5.82. The van der Waals surface area contributed by atoms with Crippen LogP contribution in [0.1, 0.15) is 27.9 Å². The number of amides is 1. The molecule has 5 rings (SSSR count). The van der Waals surface area contributed by atoms with E-state index in [1.807, 2.05) is 48.5 Å². The minimum Gasteiger partial charge on any atom is -0.493 e. The largest absolute Gasteiger partial charge is 0.493 e. The van der Waals surface area contributed by atoms with Gasteiger partial charge in [-0.2, -0.15) is 0 Å². The molecular weight excluding hydrogens is 418 g/mol. The lowest BCUT2D eigenvalue weighted by Crippen LogP contribution is -2.43. The molecule has 3 aromatic carbocycles. The van der Waals surface area contributed by atoms with Crippen LogP contribution in [0.15, 0.2) is 72.8 Å². The summed E-state index contributed by atoms with van der Waals surface area (Å²) >= 11 is 0. The average Bonchev–Trinajstić information content (AvgIpc) is 2.84. The van der Waals surface area contributed by atoms with Gasteiger partial charge in [0.15, 0.2) is 17.3 Å². The van der Waals surface area contributed by atoms with E-state index in [4.69, 9.17) is 9.47 Å². The topological polar surface area (TPSA) is 84.9 Å². The van der Waals surface area contributed by atoms with Crippen LogP contribution in [0, 0.1) is 5.92 Å². The van der Waals surface area contributed by atoms with Gasteiger partial charge in [0.25, 0.3) is 5.91 Å². The van der Waals surface area contributed by atoms with Crippen molar-refractivity contribution in [2.75, 3.05) is 13.7 Å². The molecule has 0 fully saturated rings. The molecule has 2 aliphatic heterocycles. The molecule has 33 heavy (non-hydrogen) atoms. The number of Topliss-reactive ketones (excluding diaryl/α,β-unsaturated/α-hetero) is 1. The number of aliphatic hydroxyl groups excluding tert-OH is 1. The summed E-state index contributed by atoms with van der Waals surface area (Å²) in [6, 6.07) is 21.2. The smallest absolute Gasteiger partial charge is 0.251 e. The lowest BCUT2D eigenvalue weighted by atomic mass is 9.90. The summed E-state index contributed by atoms with van der Waals surface area (Å²) in [6.07, 6.45) is 1.00. The van der Waals surface area contributed by atoms with E-state index >= 15 is 0 Å². The second-order valence-corrected chi connectivity index (χ2v) is 8.25. The number of hydrogen-bond acceptors (Lipinski definition) is 5. The van der Waals surface area contributed by atoms with Gasteiger partial charge in [-0.05, 0) is 66.3 Å². The Bertz CT molecular complexity index is 1110. The van der Waals surface area contributed by atoms with Crippen LogP contribution in [-0.2, 0) is 17.6 Å². The van der Waals surface area contributed by atoms with E-state index in [1.165, 1.54) is 0 Å². The van der Waals surface area contributed by atoms with Gasteiger partial charge >= 0.3 is 0 Å². The number of carbonyl (C=O) groups is 2. The summed E-state index contributed by atoms with van der Waals surface area (Å²) in [4.78, 5) is 26.1. The highest BCUT2D eigenvalue weighted by atomic mass is 16.5. The standard InChI is InChI=1S/C27H27NO5/c1-32-25-12-9-19-13-20(17-29)15-24(30)23(28-27(31)21-5-3-2-4-6-21)14-18-7-10-22(11-8-18)33-26(25)16-19/h2-12,16,20,23,29H,13-15,17H2,1H3,(H,28,31)/t20-,23+/m1/s1. The maximum atomic E-state index is 13.3. The first-order chi connectivity index (χ1) is 16.1. The van der Waals surface area contributed by atoms with E-state index in [0.717, 1.165) is 11.1 Å². The third kappa shape index (κ3) is 5.59. The number of ether oxygens (including phenoxy) is 2. The Hall–Kier alpha value is -3.64. The maximum Gasteiger partial charge on any atom is 0.251 e. The Morgan fingerprint density at radius 2 is 1.73 bits per heavy atom. The number of fused-ring (bicyclic) bond motifs is 7. The molecule has 0 radical (unpaired) electrons.